The SMILES string of the molecule is CCCc1c(OCCCOc2cccc(CC(CC)C(=O)O)c2)ccc(C(C)=O)c1O. The third kappa shape index (κ3) is 7.02. The van der Waals surface area contributed by atoms with Crippen molar-refractivity contribution in [1.29, 1.82) is 0 Å². The van der Waals surface area contributed by atoms with E-state index >= 15 is 0 Å². The molecule has 1 atom stereocenters. The average molecular weight is 429 g/mol. The molecular weight excluding hydrogens is 396 g/mol. The van der Waals surface area contributed by atoms with Gasteiger partial charge in [-0.25, -0.2) is 0 Å². The number of carboxylic acid groups (broad SMARTS) is 1. The number of hydrogen-bond acceptors (Lipinski definition) is 5. The van der Waals surface area contributed by atoms with Crippen molar-refractivity contribution >= 4 is 11.8 Å². The number of carbonyl (C=O) groups excluding carboxylic acids is 1. The molecule has 0 spiro atoms. The van der Waals surface area contributed by atoms with Crippen molar-refractivity contribution in [3.8, 4) is 17.2 Å². The van der Waals surface area contributed by atoms with Gasteiger partial charge in [0.05, 0.1) is 24.7 Å². The number of carboxylic acids is 1. The fourth-order valence-corrected chi connectivity index (χ4v) is 3.41. The molecule has 168 valence electrons. The molecule has 0 heterocycles. The van der Waals surface area contributed by atoms with Crippen molar-refractivity contribution in [2.45, 2.75) is 52.9 Å². The Balaban J connectivity index is 1.89. The van der Waals surface area contributed by atoms with Crippen LogP contribution in [-0.4, -0.2) is 35.2 Å². The summed E-state index contributed by atoms with van der Waals surface area (Å²) in [7, 11) is 0. The van der Waals surface area contributed by atoms with Gasteiger partial charge in [-0.15, -0.1) is 0 Å². The molecule has 2 N–H and O–H groups in total. The zero-order chi connectivity index (χ0) is 22.8. The summed E-state index contributed by atoms with van der Waals surface area (Å²) in [5.74, 6) is -0.0571. The molecule has 6 heteroatoms. The van der Waals surface area contributed by atoms with Crippen LogP contribution in [0, 0.1) is 5.92 Å². The van der Waals surface area contributed by atoms with E-state index in [1.807, 2.05) is 38.1 Å². The molecule has 31 heavy (non-hydrogen) atoms. The fraction of sp³-hybridized carbons (Fsp3) is 0.440. The van der Waals surface area contributed by atoms with Crippen LogP contribution in [0.15, 0.2) is 36.4 Å². The van der Waals surface area contributed by atoms with Crippen molar-refractivity contribution in [3.63, 3.8) is 0 Å². The van der Waals surface area contributed by atoms with Gasteiger partial charge in [-0.1, -0.05) is 32.4 Å². The first-order valence-electron chi connectivity index (χ1n) is 10.8. The molecule has 0 bridgehead atoms. The molecule has 2 aromatic rings. The van der Waals surface area contributed by atoms with E-state index < -0.39 is 11.9 Å². The standard InChI is InChI=1S/C25H32O6/c1-4-8-22-23(12-11-21(17(3)26)24(22)27)31-14-7-13-30-20-10-6-9-18(16-20)15-19(5-2)25(28)29/h6,9-12,16,19,27H,4-5,7-8,13-15H2,1-3H3,(H,28,29). The summed E-state index contributed by atoms with van der Waals surface area (Å²) < 4.78 is 11.6. The van der Waals surface area contributed by atoms with E-state index in [1.165, 1.54) is 6.92 Å². The van der Waals surface area contributed by atoms with Crippen LogP contribution in [-0.2, 0) is 17.6 Å². The Hall–Kier alpha value is -3.02. The molecule has 0 amide bonds. The summed E-state index contributed by atoms with van der Waals surface area (Å²) in [5.41, 5.74) is 1.91. The Bertz CT molecular complexity index is 890. The number of carbonyl (C=O) groups is 2. The topological polar surface area (TPSA) is 93.1 Å². The number of benzene rings is 2. The highest BCUT2D eigenvalue weighted by Crippen LogP contribution is 2.33. The van der Waals surface area contributed by atoms with Gasteiger partial charge in [-0.2, -0.15) is 0 Å². The van der Waals surface area contributed by atoms with Gasteiger partial charge in [0.25, 0.3) is 0 Å². The number of aliphatic carboxylic acids is 1. The maximum Gasteiger partial charge on any atom is 0.306 e. The lowest BCUT2D eigenvalue weighted by atomic mass is 9.97. The molecule has 0 aliphatic carbocycles. The minimum Gasteiger partial charge on any atom is -0.507 e. The van der Waals surface area contributed by atoms with Crippen LogP contribution in [0.25, 0.3) is 0 Å². The van der Waals surface area contributed by atoms with E-state index in [0.717, 1.165) is 12.0 Å². The second kappa shape index (κ2) is 12.0. The van der Waals surface area contributed by atoms with Crippen molar-refractivity contribution in [2.75, 3.05) is 13.2 Å². The van der Waals surface area contributed by atoms with E-state index in [9.17, 15) is 19.8 Å². The van der Waals surface area contributed by atoms with E-state index in [0.29, 0.717) is 61.5 Å². The first-order chi connectivity index (χ1) is 14.9. The molecule has 0 radical (unpaired) electrons. The molecule has 0 saturated heterocycles. The first kappa shape index (κ1) is 24.3. The summed E-state index contributed by atoms with van der Waals surface area (Å²) in [6.45, 7) is 6.16. The second-order valence-corrected chi connectivity index (χ2v) is 7.59. The van der Waals surface area contributed by atoms with Gasteiger partial charge in [0.2, 0.25) is 0 Å². The smallest absolute Gasteiger partial charge is 0.306 e. The largest absolute Gasteiger partial charge is 0.507 e. The summed E-state index contributed by atoms with van der Waals surface area (Å²) >= 11 is 0. The van der Waals surface area contributed by atoms with Crippen molar-refractivity contribution < 1.29 is 29.3 Å². The highest BCUT2D eigenvalue weighted by Gasteiger charge is 2.17. The van der Waals surface area contributed by atoms with Crippen LogP contribution in [0.4, 0.5) is 0 Å². The normalized spacial score (nSPS) is 11.7. The number of rotatable bonds is 13. The molecule has 2 rings (SSSR count). The predicted octanol–water partition coefficient (Wildman–Crippen LogP) is 5.05. The lowest BCUT2D eigenvalue weighted by Gasteiger charge is -2.15. The summed E-state index contributed by atoms with van der Waals surface area (Å²) in [6, 6.07) is 10.8. The Morgan fingerprint density at radius 2 is 1.81 bits per heavy atom. The number of Topliss-reactive ketones (excluding diaryl/α,β-unsaturated/α-hetero) is 1. The molecule has 6 nitrogen and oxygen atoms in total. The lowest BCUT2D eigenvalue weighted by molar-refractivity contribution is -0.141. The molecule has 0 saturated carbocycles. The first-order valence-corrected chi connectivity index (χ1v) is 10.8. The van der Waals surface area contributed by atoms with E-state index in [1.54, 1.807) is 12.1 Å². The fourth-order valence-electron chi connectivity index (χ4n) is 3.41. The summed E-state index contributed by atoms with van der Waals surface area (Å²) in [5, 5.41) is 19.6. The quantitative estimate of drug-likeness (QED) is 0.343. The third-order valence-electron chi connectivity index (χ3n) is 5.16. The van der Waals surface area contributed by atoms with Crippen molar-refractivity contribution in [1.82, 2.24) is 0 Å². The number of phenols is 1. The zero-order valence-electron chi connectivity index (χ0n) is 18.5. The molecule has 0 aliphatic rings. The minimum absolute atomic E-state index is 0.00617. The van der Waals surface area contributed by atoms with Gasteiger partial charge < -0.3 is 19.7 Å². The van der Waals surface area contributed by atoms with E-state index in [-0.39, 0.29) is 11.5 Å². The summed E-state index contributed by atoms with van der Waals surface area (Å²) in [6.07, 6.45) is 3.15. The van der Waals surface area contributed by atoms with Crippen LogP contribution in [0.5, 0.6) is 17.2 Å². The Morgan fingerprint density at radius 1 is 1.06 bits per heavy atom. The average Bonchev–Trinajstić information content (AvgIpc) is 2.73. The Morgan fingerprint density at radius 3 is 2.45 bits per heavy atom. The minimum atomic E-state index is -0.782. The van der Waals surface area contributed by atoms with E-state index in [2.05, 4.69) is 0 Å². The Kier molecular flexibility index (Phi) is 9.38. The highest BCUT2D eigenvalue weighted by atomic mass is 16.5. The number of phenolic OH excluding ortho intramolecular Hbond substituents is 1. The predicted molar refractivity (Wildman–Crippen MR) is 119 cm³/mol. The molecule has 2 aromatic carbocycles. The number of ketones is 1. The van der Waals surface area contributed by atoms with Crippen LogP contribution in [0.1, 0.15) is 61.5 Å². The molecule has 0 fully saturated rings. The van der Waals surface area contributed by atoms with Crippen LogP contribution < -0.4 is 9.47 Å². The number of hydrogen-bond donors (Lipinski definition) is 2. The van der Waals surface area contributed by atoms with E-state index in [4.69, 9.17) is 9.47 Å². The summed E-state index contributed by atoms with van der Waals surface area (Å²) in [4.78, 5) is 22.9. The van der Waals surface area contributed by atoms with Gasteiger partial charge in [0.15, 0.2) is 5.78 Å². The third-order valence-corrected chi connectivity index (χ3v) is 5.16. The van der Waals surface area contributed by atoms with Crippen LogP contribution >= 0.6 is 0 Å². The van der Waals surface area contributed by atoms with Crippen LogP contribution in [0.2, 0.25) is 0 Å². The highest BCUT2D eigenvalue weighted by molar-refractivity contribution is 5.97. The maximum atomic E-state index is 11.7. The lowest BCUT2D eigenvalue weighted by Crippen LogP contribution is -2.15. The van der Waals surface area contributed by atoms with Gasteiger partial charge in [0, 0.05) is 12.0 Å². The molecule has 1 unspecified atom stereocenters. The second-order valence-electron chi connectivity index (χ2n) is 7.59. The molecule has 0 aromatic heterocycles. The van der Waals surface area contributed by atoms with Gasteiger partial charge in [0.1, 0.15) is 17.2 Å². The molecular formula is C25H32O6. The maximum absolute atomic E-state index is 11.7. The van der Waals surface area contributed by atoms with Crippen LogP contribution in [0.3, 0.4) is 0 Å². The monoisotopic (exact) mass is 428 g/mol. The van der Waals surface area contributed by atoms with Gasteiger partial charge >= 0.3 is 5.97 Å². The Labute approximate surface area is 183 Å². The van der Waals surface area contributed by atoms with Gasteiger partial charge in [-0.3, -0.25) is 9.59 Å². The number of ether oxygens (including phenoxy) is 2. The van der Waals surface area contributed by atoms with Crippen molar-refractivity contribution in [2.24, 2.45) is 5.92 Å². The zero-order valence-corrected chi connectivity index (χ0v) is 18.5. The van der Waals surface area contributed by atoms with Crippen molar-refractivity contribution in [3.05, 3.63) is 53.1 Å². The number of aromatic hydroxyl groups is 1. The van der Waals surface area contributed by atoms with Gasteiger partial charge in [-0.05, 0) is 56.0 Å². The molecule has 0 aliphatic heterocycles.